The van der Waals surface area contributed by atoms with Crippen molar-refractivity contribution < 1.29 is 14.3 Å². The zero-order valence-corrected chi connectivity index (χ0v) is 21.7. The van der Waals surface area contributed by atoms with Crippen molar-refractivity contribution in [3.05, 3.63) is 45.2 Å². The minimum atomic E-state index is -0.530. The fourth-order valence-corrected chi connectivity index (χ4v) is 6.00. The number of amides is 1. The molecule has 2 saturated heterocycles. The Balaban J connectivity index is 1.20. The number of carbonyl (C=O) groups is 2. The van der Waals surface area contributed by atoms with Crippen molar-refractivity contribution in [2.24, 2.45) is 5.92 Å². The molecule has 3 aliphatic rings. The molecule has 2 aromatic rings. The molecule has 5 rings (SSSR count). The minimum absolute atomic E-state index is 0.0216. The molecule has 186 valence electrons. The number of halogens is 1. The summed E-state index contributed by atoms with van der Waals surface area (Å²) in [5.41, 5.74) is 3.73. The van der Waals surface area contributed by atoms with Crippen molar-refractivity contribution in [2.75, 3.05) is 31.1 Å². The lowest BCUT2D eigenvalue weighted by molar-refractivity contribution is -0.139. The number of likely N-dealkylation sites (tertiary alicyclic amines) is 1. The zero-order chi connectivity index (χ0) is 24.9. The van der Waals surface area contributed by atoms with Crippen LogP contribution in [0.4, 0.5) is 5.95 Å². The molecule has 1 amide bonds. The van der Waals surface area contributed by atoms with Crippen LogP contribution in [0.2, 0.25) is 5.02 Å². The number of ketones is 1. The van der Waals surface area contributed by atoms with Gasteiger partial charge in [0.05, 0.1) is 12.0 Å². The molecule has 0 saturated carbocycles. The van der Waals surface area contributed by atoms with Crippen LogP contribution >= 0.6 is 11.6 Å². The van der Waals surface area contributed by atoms with E-state index in [0.717, 1.165) is 54.4 Å². The van der Waals surface area contributed by atoms with Gasteiger partial charge in [0.15, 0.2) is 5.78 Å². The molecule has 7 nitrogen and oxygen atoms in total. The number of anilines is 1. The van der Waals surface area contributed by atoms with E-state index in [4.69, 9.17) is 16.3 Å². The van der Waals surface area contributed by atoms with Crippen LogP contribution in [0.5, 0.6) is 5.75 Å². The van der Waals surface area contributed by atoms with Crippen LogP contribution in [0.3, 0.4) is 0 Å². The van der Waals surface area contributed by atoms with Gasteiger partial charge in [-0.05, 0) is 63.8 Å². The summed E-state index contributed by atoms with van der Waals surface area (Å²) in [6.07, 6.45) is 3.29. The van der Waals surface area contributed by atoms with Gasteiger partial charge in [-0.15, -0.1) is 0 Å². The van der Waals surface area contributed by atoms with Crippen LogP contribution in [-0.4, -0.2) is 58.3 Å². The highest BCUT2D eigenvalue weighted by Crippen LogP contribution is 2.43. The lowest BCUT2D eigenvalue weighted by Gasteiger charge is -2.45. The number of Topliss-reactive ketones (excluding diaryl/α,β-unsaturated/α-hetero) is 1. The van der Waals surface area contributed by atoms with E-state index in [-0.39, 0.29) is 17.6 Å². The van der Waals surface area contributed by atoms with Crippen molar-refractivity contribution in [3.63, 3.8) is 0 Å². The summed E-state index contributed by atoms with van der Waals surface area (Å²) < 4.78 is 6.47. The van der Waals surface area contributed by atoms with Crippen LogP contribution in [0.1, 0.15) is 65.0 Å². The van der Waals surface area contributed by atoms with Crippen molar-refractivity contribution >= 4 is 29.2 Å². The Bertz CT molecular complexity index is 1160. The molecule has 0 N–H and O–H groups in total. The summed E-state index contributed by atoms with van der Waals surface area (Å²) in [7, 11) is 0. The van der Waals surface area contributed by atoms with Crippen molar-refractivity contribution in [2.45, 2.75) is 65.4 Å². The van der Waals surface area contributed by atoms with Crippen LogP contribution in [0.15, 0.2) is 12.1 Å². The maximum absolute atomic E-state index is 13.3. The standard InChI is InChI=1S/C27H33ClN4O3/c1-16-13-22-23(19(4)24(16)28)21(33)15-27(35-22)7-11-31(12-8-27)25(34)20-5-9-32(10-6-20)26-29-17(2)14-18(3)30-26/h13-14,20H,5-12,15H2,1-4H3. The number of hydrogen-bond acceptors (Lipinski definition) is 6. The van der Waals surface area contributed by atoms with E-state index < -0.39 is 5.60 Å². The smallest absolute Gasteiger partial charge is 0.225 e. The topological polar surface area (TPSA) is 75.6 Å². The highest BCUT2D eigenvalue weighted by atomic mass is 35.5. The maximum atomic E-state index is 13.3. The number of benzene rings is 1. The summed E-state index contributed by atoms with van der Waals surface area (Å²) in [5.74, 6) is 1.74. The fourth-order valence-electron chi connectivity index (χ4n) is 5.85. The van der Waals surface area contributed by atoms with Gasteiger partial charge in [0.2, 0.25) is 11.9 Å². The van der Waals surface area contributed by atoms with E-state index in [0.29, 0.717) is 48.7 Å². The number of ether oxygens (including phenoxy) is 1. The van der Waals surface area contributed by atoms with E-state index in [1.807, 2.05) is 44.7 Å². The molecule has 2 fully saturated rings. The summed E-state index contributed by atoms with van der Waals surface area (Å²) in [6.45, 7) is 10.6. The maximum Gasteiger partial charge on any atom is 0.225 e. The third-order valence-electron chi connectivity index (χ3n) is 7.82. The molecular formula is C27H33ClN4O3. The normalized spacial score (nSPS) is 20.1. The molecule has 35 heavy (non-hydrogen) atoms. The monoisotopic (exact) mass is 496 g/mol. The fraction of sp³-hybridized carbons (Fsp3) is 0.556. The Morgan fingerprint density at radius 3 is 2.29 bits per heavy atom. The molecule has 0 bridgehead atoms. The third kappa shape index (κ3) is 4.51. The summed E-state index contributed by atoms with van der Waals surface area (Å²) in [5, 5.41) is 0.632. The first kappa shape index (κ1) is 24.0. The molecule has 4 heterocycles. The van der Waals surface area contributed by atoms with Crippen LogP contribution in [0, 0.1) is 33.6 Å². The number of aromatic nitrogens is 2. The summed E-state index contributed by atoms with van der Waals surface area (Å²) >= 11 is 6.38. The van der Waals surface area contributed by atoms with Crippen molar-refractivity contribution in [3.8, 4) is 5.75 Å². The first-order valence-electron chi connectivity index (χ1n) is 12.5. The van der Waals surface area contributed by atoms with Gasteiger partial charge in [-0.3, -0.25) is 9.59 Å². The summed E-state index contributed by atoms with van der Waals surface area (Å²) in [4.78, 5) is 39.7. The van der Waals surface area contributed by atoms with Gasteiger partial charge in [0, 0.05) is 61.3 Å². The second kappa shape index (κ2) is 9.08. The minimum Gasteiger partial charge on any atom is -0.486 e. The first-order chi connectivity index (χ1) is 16.7. The molecule has 1 aromatic carbocycles. The van der Waals surface area contributed by atoms with E-state index in [9.17, 15) is 9.59 Å². The number of nitrogens with zero attached hydrogens (tertiary/aromatic N) is 4. The van der Waals surface area contributed by atoms with Crippen molar-refractivity contribution in [1.29, 1.82) is 0 Å². The number of carbonyl (C=O) groups excluding carboxylic acids is 2. The van der Waals surface area contributed by atoms with E-state index in [2.05, 4.69) is 14.9 Å². The van der Waals surface area contributed by atoms with E-state index >= 15 is 0 Å². The molecular weight excluding hydrogens is 464 g/mol. The number of aryl methyl sites for hydroxylation is 3. The van der Waals surface area contributed by atoms with Gasteiger partial charge in [-0.1, -0.05) is 11.6 Å². The Morgan fingerprint density at radius 2 is 1.66 bits per heavy atom. The van der Waals surface area contributed by atoms with Crippen LogP contribution in [-0.2, 0) is 4.79 Å². The summed E-state index contributed by atoms with van der Waals surface area (Å²) in [6, 6.07) is 3.86. The Morgan fingerprint density at radius 1 is 1.03 bits per heavy atom. The van der Waals surface area contributed by atoms with Gasteiger partial charge in [-0.25, -0.2) is 9.97 Å². The number of hydrogen-bond donors (Lipinski definition) is 0. The second-order valence-electron chi connectivity index (χ2n) is 10.4. The number of fused-ring (bicyclic) bond motifs is 1. The van der Waals surface area contributed by atoms with Gasteiger partial charge < -0.3 is 14.5 Å². The van der Waals surface area contributed by atoms with Gasteiger partial charge >= 0.3 is 0 Å². The quantitative estimate of drug-likeness (QED) is 0.604. The third-order valence-corrected chi connectivity index (χ3v) is 8.40. The first-order valence-corrected chi connectivity index (χ1v) is 12.9. The van der Waals surface area contributed by atoms with Crippen LogP contribution < -0.4 is 9.64 Å². The zero-order valence-electron chi connectivity index (χ0n) is 21.0. The second-order valence-corrected chi connectivity index (χ2v) is 10.8. The molecule has 1 aromatic heterocycles. The largest absolute Gasteiger partial charge is 0.486 e. The average molecular weight is 497 g/mol. The Labute approximate surface area is 211 Å². The Kier molecular flexibility index (Phi) is 6.24. The molecule has 0 aliphatic carbocycles. The molecule has 0 radical (unpaired) electrons. The van der Waals surface area contributed by atoms with E-state index in [1.54, 1.807) is 0 Å². The highest BCUT2D eigenvalue weighted by Gasteiger charge is 2.45. The molecule has 8 heteroatoms. The lowest BCUT2D eigenvalue weighted by atomic mass is 9.81. The van der Waals surface area contributed by atoms with Gasteiger partial charge in [0.1, 0.15) is 11.4 Å². The van der Waals surface area contributed by atoms with Crippen LogP contribution in [0.25, 0.3) is 0 Å². The number of piperidine rings is 2. The highest BCUT2D eigenvalue weighted by molar-refractivity contribution is 6.32. The number of rotatable bonds is 2. The SMILES string of the molecule is Cc1cc(C)nc(N2CCC(C(=O)N3CCC4(CC3)CC(=O)c3c(cc(C)c(Cl)c3C)O4)CC2)n1. The lowest BCUT2D eigenvalue weighted by Crippen LogP contribution is -2.54. The van der Waals surface area contributed by atoms with Gasteiger partial charge in [0.25, 0.3) is 0 Å². The van der Waals surface area contributed by atoms with Gasteiger partial charge in [-0.2, -0.15) is 0 Å². The average Bonchev–Trinajstić information content (AvgIpc) is 2.82. The Hall–Kier alpha value is -2.67. The molecule has 0 unspecified atom stereocenters. The predicted octanol–water partition coefficient (Wildman–Crippen LogP) is 4.61. The van der Waals surface area contributed by atoms with E-state index in [1.165, 1.54) is 0 Å². The molecule has 0 atom stereocenters. The predicted molar refractivity (Wildman–Crippen MR) is 135 cm³/mol. The molecule has 3 aliphatic heterocycles. The molecule has 1 spiro atoms. The van der Waals surface area contributed by atoms with Crippen molar-refractivity contribution in [1.82, 2.24) is 14.9 Å².